The molecule has 1 aliphatic heterocycles. The summed E-state index contributed by atoms with van der Waals surface area (Å²) in [6.07, 6.45) is 5.71. The first-order valence-electron chi connectivity index (χ1n) is 7.98. The first-order chi connectivity index (χ1) is 10.1. The standard InChI is InChI=1S/C16H22N2O2S/c19-21(20,18-11-12-5-8-15(18)9-12)16-4-2-1-3-13(16)10-17-14-6-7-14/h1-4,12,14-15,17H,5-11H2. The van der Waals surface area contributed by atoms with Crippen LogP contribution in [0.4, 0.5) is 0 Å². The van der Waals surface area contributed by atoms with E-state index in [1.807, 2.05) is 18.2 Å². The van der Waals surface area contributed by atoms with E-state index in [0.29, 0.717) is 23.4 Å². The van der Waals surface area contributed by atoms with Gasteiger partial charge in [-0.3, -0.25) is 0 Å². The topological polar surface area (TPSA) is 49.4 Å². The number of rotatable bonds is 5. The van der Waals surface area contributed by atoms with E-state index < -0.39 is 10.0 Å². The molecule has 2 atom stereocenters. The minimum atomic E-state index is -3.33. The zero-order valence-corrected chi connectivity index (χ0v) is 13.0. The van der Waals surface area contributed by atoms with E-state index in [1.54, 1.807) is 10.4 Å². The van der Waals surface area contributed by atoms with Crippen LogP contribution in [-0.4, -0.2) is 31.4 Å². The van der Waals surface area contributed by atoms with Crippen molar-refractivity contribution in [2.45, 2.75) is 55.6 Å². The molecule has 2 bridgehead atoms. The van der Waals surface area contributed by atoms with Crippen molar-refractivity contribution < 1.29 is 8.42 Å². The fourth-order valence-electron chi connectivity index (χ4n) is 3.74. The number of hydrogen-bond acceptors (Lipinski definition) is 3. The number of fused-ring (bicyclic) bond motifs is 2. The molecule has 1 aromatic rings. The van der Waals surface area contributed by atoms with E-state index in [4.69, 9.17) is 0 Å². The van der Waals surface area contributed by atoms with Crippen molar-refractivity contribution in [3.05, 3.63) is 29.8 Å². The quantitative estimate of drug-likeness (QED) is 0.906. The van der Waals surface area contributed by atoms with Gasteiger partial charge in [-0.25, -0.2) is 8.42 Å². The van der Waals surface area contributed by atoms with E-state index in [2.05, 4.69) is 5.32 Å². The van der Waals surface area contributed by atoms with Crippen LogP contribution in [0.3, 0.4) is 0 Å². The minimum Gasteiger partial charge on any atom is -0.310 e. The van der Waals surface area contributed by atoms with Crippen molar-refractivity contribution in [1.29, 1.82) is 0 Å². The predicted molar refractivity (Wildman–Crippen MR) is 81.3 cm³/mol. The average molecular weight is 306 g/mol. The second kappa shape index (κ2) is 5.07. The van der Waals surface area contributed by atoms with Crippen molar-refractivity contribution in [2.75, 3.05) is 6.54 Å². The zero-order chi connectivity index (χ0) is 14.4. The van der Waals surface area contributed by atoms with Gasteiger partial charge in [0.15, 0.2) is 0 Å². The van der Waals surface area contributed by atoms with Crippen LogP contribution >= 0.6 is 0 Å². The van der Waals surface area contributed by atoms with E-state index in [-0.39, 0.29) is 6.04 Å². The molecule has 5 heteroatoms. The van der Waals surface area contributed by atoms with E-state index in [1.165, 1.54) is 19.3 Å². The number of benzene rings is 1. The Morgan fingerprint density at radius 3 is 2.62 bits per heavy atom. The Morgan fingerprint density at radius 2 is 1.95 bits per heavy atom. The Bertz CT molecular complexity index is 639. The number of nitrogens with zero attached hydrogens (tertiary/aromatic N) is 1. The molecule has 4 nitrogen and oxygen atoms in total. The van der Waals surface area contributed by atoms with E-state index in [9.17, 15) is 8.42 Å². The Labute approximate surface area is 126 Å². The Morgan fingerprint density at radius 1 is 1.14 bits per heavy atom. The number of piperidine rings is 1. The molecule has 2 unspecified atom stereocenters. The summed E-state index contributed by atoms with van der Waals surface area (Å²) in [5, 5.41) is 3.43. The van der Waals surface area contributed by atoms with Gasteiger partial charge < -0.3 is 5.32 Å². The van der Waals surface area contributed by atoms with Gasteiger partial charge in [-0.15, -0.1) is 0 Å². The van der Waals surface area contributed by atoms with Crippen molar-refractivity contribution in [3.63, 3.8) is 0 Å². The van der Waals surface area contributed by atoms with Gasteiger partial charge in [0.05, 0.1) is 4.90 Å². The molecule has 21 heavy (non-hydrogen) atoms. The van der Waals surface area contributed by atoms with Crippen LogP contribution in [0.15, 0.2) is 29.2 Å². The molecule has 114 valence electrons. The fraction of sp³-hybridized carbons (Fsp3) is 0.625. The monoisotopic (exact) mass is 306 g/mol. The molecule has 0 amide bonds. The van der Waals surface area contributed by atoms with Crippen molar-refractivity contribution >= 4 is 10.0 Å². The van der Waals surface area contributed by atoms with Crippen LogP contribution in [0.1, 0.15) is 37.7 Å². The lowest BCUT2D eigenvalue weighted by Crippen LogP contribution is -2.38. The smallest absolute Gasteiger partial charge is 0.243 e. The van der Waals surface area contributed by atoms with Gasteiger partial charge >= 0.3 is 0 Å². The maximum Gasteiger partial charge on any atom is 0.243 e. The molecule has 3 fully saturated rings. The number of nitrogens with one attached hydrogen (secondary N) is 1. The van der Waals surface area contributed by atoms with Gasteiger partial charge in [0.25, 0.3) is 0 Å². The molecule has 2 saturated carbocycles. The lowest BCUT2D eigenvalue weighted by atomic mass is 10.1. The van der Waals surface area contributed by atoms with Crippen molar-refractivity contribution in [2.24, 2.45) is 5.92 Å². The van der Waals surface area contributed by atoms with Crippen LogP contribution < -0.4 is 5.32 Å². The van der Waals surface area contributed by atoms with Crippen LogP contribution in [0.25, 0.3) is 0 Å². The SMILES string of the molecule is O=S(=O)(c1ccccc1CNC1CC1)N1CC2CCC1C2. The van der Waals surface area contributed by atoms with Crippen LogP contribution in [0, 0.1) is 5.92 Å². The third kappa shape index (κ3) is 2.51. The summed E-state index contributed by atoms with van der Waals surface area (Å²) >= 11 is 0. The molecule has 0 radical (unpaired) electrons. The van der Waals surface area contributed by atoms with Crippen LogP contribution in [-0.2, 0) is 16.6 Å². The first-order valence-corrected chi connectivity index (χ1v) is 9.42. The maximum absolute atomic E-state index is 13.0. The van der Waals surface area contributed by atoms with Gasteiger partial charge in [0.1, 0.15) is 0 Å². The van der Waals surface area contributed by atoms with Gasteiger partial charge in [-0.1, -0.05) is 18.2 Å². The molecule has 2 aliphatic carbocycles. The first kappa shape index (κ1) is 13.7. The van der Waals surface area contributed by atoms with Gasteiger partial charge in [0.2, 0.25) is 10.0 Å². The second-order valence-electron chi connectivity index (χ2n) is 6.67. The molecular formula is C16H22N2O2S. The minimum absolute atomic E-state index is 0.240. The Hall–Kier alpha value is -0.910. The number of sulfonamides is 1. The highest BCUT2D eigenvalue weighted by Gasteiger charge is 2.44. The summed E-state index contributed by atoms with van der Waals surface area (Å²) in [6.45, 7) is 1.37. The largest absolute Gasteiger partial charge is 0.310 e. The molecule has 1 aromatic carbocycles. The molecule has 1 heterocycles. The highest BCUT2D eigenvalue weighted by Crippen LogP contribution is 2.40. The van der Waals surface area contributed by atoms with Crippen molar-refractivity contribution in [3.8, 4) is 0 Å². The summed E-state index contributed by atoms with van der Waals surface area (Å²) < 4.78 is 27.8. The van der Waals surface area contributed by atoms with E-state index in [0.717, 1.165) is 24.9 Å². The number of hydrogen-bond donors (Lipinski definition) is 1. The average Bonchev–Trinajstić information content (AvgIpc) is 3.07. The highest BCUT2D eigenvalue weighted by molar-refractivity contribution is 7.89. The molecule has 1 saturated heterocycles. The maximum atomic E-state index is 13.0. The molecule has 0 spiro atoms. The lowest BCUT2D eigenvalue weighted by molar-refractivity contribution is 0.333. The summed E-state index contributed by atoms with van der Waals surface area (Å²) in [5.74, 6) is 0.585. The zero-order valence-electron chi connectivity index (χ0n) is 12.2. The predicted octanol–water partition coefficient (Wildman–Crippen LogP) is 2.11. The third-order valence-corrected chi connectivity index (χ3v) is 7.10. The lowest BCUT2D eigenvalue weighted by Gasteiger charge is -2.27. The molecule has 4 rings (SSSR count). The highest BCUT2D eigenvalue weighted by atomic mass is 32.2. The van der Waals surface area contributed by atoms with Crippen molar-refractivity contribution in [1.82, 2.24) is 9.62 Å². The summed E-state index contributed by atoms with van der Waals surface area (Å²) in [4.78, 5) is 0.505. The second-order valence-corrected chi connectivity index (χ2v) is 8.53. The summed E-state index contributed by atoms with van der Waals surface area (Å²) in [6, 6.07) is 8.30. The normalized spacial score (nSPS) is 29.1. The Kier molecular flexibility index (Phi) is 3.32. The molecule has 1 N–H and O–H groups in total. The molecule has 3 aliphatic rings. The molecule has 0 aromatic heterocycles. The van der Waals surface area contributed by atoms with Gasteiger partial charge in [-0.2, -0.15) is 4.31 Å². The van der Waals surface area contributed by atoms with E-state index >= 15 is 0 Å². The Balaban J connectivity index is 1.62. The molecular weight excluding hydrogens is 284 g/mol. The fourth-order valence-corrected chi connectivity index (χ4v) is 5.71. The van der Waals surface area contributed by atoms with Gasteiger partial charge in [-0.05, 0) is 49.7 Å². The van der Waals surface area contributed by atoms with Crippen LogP contribution in [0.2, 0.25) is 0 Å². The van der Waals surface area contributed by atoms with Crippen LogP contribution in [0.5, 0.6) is 0 Å². The third-order valence-electron chi connectivity index (χ3n) is 5.08. The summed E-state index contributed by atoms with van der Waals surface area (Å²) in [5.41, 5.74) is 0.909. The summed E-state index contributed by atoms with van der Waals surface area (Å²) in [7, 11) is -3.33. The van der Waals surface area contributed by atoms with Gasteiger partial charge in [0, 0.05) is 25.2 Å².